The van der Waals surface area contributed by atoms with Crippen molar-refractivity contribution in [1.82, 2.24) is 0 Å². The predicted molar refractivity (Wildman–Crippen MR) is 90.5 cm³/mol. The zero-order valence-corrected chi connectivity index (χ0v) is 13.7. The Hall–Kier alpha value is -0.530. The van der Waals surface area contributed by atoms with Crippen molar-refractivity contribution in [3.05, 3.63) is 34.9 Å². The van der Waals surface area contributed by atoms with Gasteiger partial charge in [0.15, 0.2) is 0 Å². The molecule has 0 aliphatic heterocycles. The van der Waals surface area contributed by atoms with Crippen LogP contribution in [0.15, 0.2) is 24.3 Å². The van der Waals surface area contributed by atoms with Crippen LogP contribution in [0.25, 0.3) is 0 Å². The van der Waals surface area contributed by atoms with Gasteiger partial charge in [-0.25, -0.2) is 0 Å². The molecule has 0 heterocycles. The van der Waals surface area contributed by atoms with Crippen molar-refractivity contribution in [1.29, 1.82) is 0 Å². The molecule has 0 aromatic heterocycles. The van der Waals surface area contributed by atoms with Crippen molar-refractivity contribution >= 4 is 11.6 Å². The molecule has 0 spiro atoms. The van der Waals surface area contributed by atoms with Crippen LogP contribution in [0.3, 0.4) is 0 Å². The average molecular weight is 296 g/mol. The number of rotatable bonds is 11. The first-order valence-corrected chi connectivity index (χ1v) is 8.61. The number of unbranched alkanes of at least 4 members (excludes halogenated alkanes) is 7. The zero-order chi connectivity index (χ0) is 14.6. The Morgan fingerprint density at radius 1 is 1.00 bits per heavy atom. The van der Waals surface area contributed by atoms with E-state index in [0.717, 1.165) is 11.6 Å². The minimum absolute atomic E-state index is 0.466. The molecule has 1 nitrogen and oxygen atoms in total. The highest BCUT2D eigenvalue weighted by Crippen LogP contribution is 2.24. The lowest BCUT2D eigenvalue weighted by molar-refractivity contribution is 0.532. The summed E-state index contributed by atoms with van der Waals surface area (Å²) in [5.74, 6) is 0.466. The summed E-state index contributed by atoms with van der Waals surface area (Å²) >= 11 is 6.05. The first-order chi connectivity index (χ1) is 9.77. The molecular formula is C18H30ClN. The molecule has 0 saturated carbocycles. The SMILES string of the molecule is CCCCCCCCCCC(CN)c1cccc(Cl)c1. The van der Waals surface area contributed by atoms with Gasteiger partial charge in [-0.15, -0.1) is 0 Å². The van der Waals surface area contributed by atoms with Crippen LogP contribution in [0.4, 0.5) is 0 Å². The van der Waals surface area contributed by atoms with E-state index < -0.39 is 0 Å². The molecule has 1 rings (SSSR count). The lowest BCUT2D eigenvalue weighted by Crippen LogP contribution is -2.12. The molecular weight excluding hydrogens is 266 g/mol. The fourth-order valence-corrected chi connectivity index (χ4v) is 2.90. The Balaban J connectivity index is 2.16. The smallest absolute Gasteiger partial charge is 0.0408 e. The van der Waals surface area contributed by atoms with Gasteiger partial charge in [-0.1, -0.05) is 82.0 Å². The number of nitrogens with two attached hydrogens (primary N) is 1. The van der Waals surface area contributed by atoms with Crippen LogP contribution in [0.5, 0.6) is 0 Å². The number of hydrogen-bond acceptors (Lipinski definition) is 1. The van der Waals surface area contributed by atoms with Crippen LogP contribution in [0, 0.1) is 0 Å². The molecule has 20 heavy (non-hydrogen) atoms. The Morgan fingerprint density at radius 3 is 2.25 bits per heavy atom. The summed E-state index contributed by atoms with van der Waals surface area (Å²) in [5, 5.41) is 0.817. The van der Waals surface area contributed by atoms with Gasteiger partial charge < -0.3 is 5.73 Å². The van der Waals surface area contributed by atoms with Gasteiger partial charge in [0.2, 0.25) is 0 Å². The normalized spacial score (nSPS) is 12.6. The van der Waals surface area contributed by atoms with Crippen molar-refractivity contribution < 1.29 is 0 Å². The maximum Gasteiger partial charge on any atom is 0.0408 e. The molecule has 1 unspecified atom stereocenters. The summed E-state index contributed by atoms with van der Waals surface area (Å²) in [7, 11) is 0. The summed E-state index contributed by atoms with van der Waals surface area (Å²) in [6.07, 6.45) is 12.1. The molecule has 1 atom stereocenters. The van der Waals surface area contributed by atoms with E-state index >= 15 is 0 Å². The minimum atomic E-state index is 0.466. The summed E-state index contributed by atoms with van der Waals surface area (Å²) in [6, 6.07) is 8.15. The van der Waals surface area contributed by atoms with E-state index in [1.165, 1.54) is 63.4 Å². The van der Waals surface area contributed by atoms with E-state index in [2.05, 4.69) is 19.1 Å². The Bertz CT molecular complexity index is 351. The predicted octanol–water partition coefficient (Wildman–Crippen LogP) is 5.91. The lowest BCUT2D eigenvalue weighted by Gasteiger charge is -2.15. The molecule has 0 aliphatic carbocycles. The minimum Gasteiger partial charge on any atom is -0.330 e. The third kappa shape index (κ3) is 7.31. The van der Waals surface area contributed by atoms with Gasteiger partial charge >= 0.3 is 0 Å². The highest BCUT2D eigenvalue weighted by atomic mass is 35.5. The molecule has 1 aromatic rings. The average Bonchev–Trinajstić information content (AvgIpc) is 2.46. The highest BCUT2D eigenvalue weighted by molar-refractivity contribution is 6.30. The molecule has 0 amide bonds. The van der Waals surface area contributed by atoms with Crippen molar-refractivity contribution in [2.24, 2.45) is 5.73 Å². The van der Waals surface area contributed by atoms with Gasteiger partial charge in [-0.3, -0.25) is 0 Å². The Labute approximate surface area is 129 Å². The molecule has 0 radical (unpaired) electrons. The van der Waals surface area contributed by atoms with Crippen LogP contribution in [-0.4, -0.2) is 6.54 Å². The van der Waals surface area contributed by atoms with Gasteiger partial charge in [0.05, 0.1) is 0 Å². The maximum atomic E-state index is 6.05. The summed E-state index contributed by atoms with van der Waals surface area (Å²) in [5.41, 5.74) is 7.20. The van der Waals surface area contributed by atoms with Crippen molar-refractivity contribution in [3.63, 3.8) is 0 Å². The van der Waals surface area contributed by atoms with E-state index in [1.807, 2.05) is 12.1 Å². The molecule has 0 fully saturated rings. The number of benzene rings is 1. The molecule has 0 saturated heterocycles. The quantitative estimate of drug-likeness (QED) is 0.504. The molecule has 1 aromatic carbocycles. The van der Waals surface area contributed by atoms with E-state index in [0.29, 0.717) is 5.92 Å². The van der Waals surface area contributed by atoms with Gasteiger partial charge in [0.25, 0.3) is 0 Å². The lowest BCUT2D eigenvalue weighted by atomic mass is 9.93. The second-order valence-electron chi connectivity index (χ2n) is 5.75. The molecule has 2 N–H and O–H groups in total. The first-order valence-electron chi connectivity index (χ1n) is 8.23. The topological polar surface area (TPSA) is 26.0 Å². The van der Waals surface area contributed by atoms with Crippen LogP contribution in [0.2, 0.25) is 5.02 Å². The van der Waals surface area contributed by atoms with Crippen LogP contribution in [0.1, 0.15) is 76.2 Å². The fourth-order valence-electron chi connectivity index (χ4n) is 2.71. The van der Waals surface area contributed by atoms with E-state index in [-0.39, 0.29) is 0 Å². The third-order valence-electron chi connectivity index (χ3n) is 4.01. The molecule has 114 valence electrons. The van der Waals surface area contributed by atoms with Gasteiger partial charge in [-0.2, -0.15) is 0 Å². The van der Waals surface area contributed by atoms with E-state index in [9.17, 15) is 0 Å². The van der Waals surface area contributed by atoms with Gasteiger partial charge in [0.1, 0.15) is 0 Å². The van der Waals surface area contributed by atoms with Gasteiger partial charge in [-0.05, 0) is 36.6 Å². The fraction of sp³-hybridized carbons (Fsp3) is 0.667. The Kier molecular flexibility index (Phi) is 9.78. The second-order valence-corrected chi connectivity index (χ2v) is 6.19. The van der Waals surface area contributed by atoms with Crippen molar-refractivity contribution in [2.75, 3.05) is 6.54 Å². The number of halogens is 1. The van der Waals surface area contributed by atoms with E-state index in [4.69, 9.17) is 17.3 Å². The van der Waals surface area contributed by atoms with Crippen LogP contribution < -0.4 is 5.73 Å². The monoisotopic (exact) mass is 295 g/mol. The summed E-state index contributed by atoms with van der Waals surface area (Å²) in [6.45, 7) is 2.99. The maximum absolute atomic E-state index is 6.05. The van der Waals surface area contributed by atoms with E-state index in [1.54, 1.807) is 0 Å². The van der Waals surface area contributed by atoms with Crippen molar-refractivity contribution in [2.45, 2.75) is 70.6 Å². The first kappa shape index (κ1) is 17.5. The van der Waals surface area contributed by atoms with Crippen molar-refractivity contribution in [3.8, 4) is 0 Å². The standard InChI is InChI=1S/C18H30ClN/c1-2-3-4-5-6-7-8-9-11-17(15-20)16-12-10-13-18(19)14-16/h10,12-14,17H,2-9,11,15,20H2,1H3. The van der Waals surface area contributed by atoms with Crippen LogP contribution in [-0.2, 0) is 0 Å². The molecule has 0 aliphatic rings. The third-order valence-corrected chi connectivity index (χ3v) is 4.25. The molecule has 0 bridgehead atoms. The van der Waals surface area contributed by atoms with Crippen LogP contribution >= 0.6 is 11.6 Å². The highest BCUT2D eigenvalue weighted by Gasteiger charge is 2.09. The summed E-state index contributed by atoms with van der Waals surface area (Å²) < 4.78 is 0. The van der Waals surface area contributed by atoms with Gasteiger partial charge in [0, 0.05) is 5.02 Å². The number of hydrogen-bond donors (Lipinski definition) is 1. The molecule has 2 heteroatoms. The second kappa shape index (κ2) is 11.2. The summed E-state index contributed by atoms with van der Waals surface area (Å²) in [4.78, 5) is 0. The Morgan fingerprint density at radius 2 is 1.65 bits per heavy atom. The zero-order valence-electron chi connectivity index (χ0n) is 12.9. The largest absolute Gasteiger partial charge is 0.330 e.